The van der Waals surface area contributed by atoms with Gasteiger partial charge in [0.05, 0.1) is 6.04 Å². The molecule has 0 aromatic rings. The van der Waals surface area contributed by atoms with Crippen molar-refractivity contribution in [2.75, 3.05) is 0 Å². The number of rotatable bonds is 5. The highest BCUT2D eigenvalue weighted by atomic mass is 14.8. The van der Waals surface area contributed by atoms with Crippen molar-refractivity contribution >= 4 is 5.87 Å². The number of hydrogen-bond acceptors (Lipinski definition) is 2. The average Bonchev–Trinajstić information content (AvgIpc) is 2.22. The molecule has 0 saturated carbocycles. The maximum Gasteiger partial charge on any atom is 0.0823 e. The van der Waals surface area contributed by atoms with Crippen LogP contribution in [0, 0.1) is 5.92 Å². The fourth-order valence-corrected chi connectivity index (χ4v) is 1.14. The second kappa shape index (κ2) is 8.41. The molecule has 1 unspecified atom stereocenters. The summed E-state index contributed by atoms with van der Waals surface area (Å²) in [4.78, 5) is 4.29. The van der Waals surface area contributed by atoms with E-state index < -0.39 is 0 Å². The van der Waals surface area contributed by atoms with Crippen molar-refractivity contribution in [3.05, 3.63) is 47.9 Å². The zero-order chi connectivity index (χ0) is 13.3. The smallest absolute Gasteiger partial charge is 0.0823 e. The fraction of sp³-hybridized carbons (Fsp3) is 0.400. The maximum absolute atomic E-state index is 5.65. The molecule has 1 atom stereocenters. The van der Waals surface area contributed by atoms with Gasteiger partial charge in [-0.1, -0.05) is 32.6 Å². The number of nitrogens with zero attached hydrogens (tertiary/aromatic N) is 1. The molecule has 0 aromatic heterocycles. The molecule has 17 heavy (non-hydrogen) atoms. The van der Waals surface area contributed by atoms with E-state index in [4.69, 9.17) is 5.73 Å². The van der Waals surface area contributed by atoms with E-state index in [1.54, 1.807) is 6.08 Å². The van der Waals surface area contributed by atoms with Crippen molar-refractivity contribution in [1.82, 2.24) is 0 Å². The molecule has 0 amide bonds. The van der Waals surface area contributed by atoms with Gasteiger partial charge < -0.3 is 5.73 Å². The molecule has 0 rings (SSSR count). The minimum absolute atomic E-state index is 0.0598. The van der Waals surface area contributed by atoms with Crippen molar-refractivity contribution in [2.45, 2.75) is 33.7 Å². The molecule has 2 N–H and O–H groups in total. The monoisotopic (exact) mass is 230 g/mol. The van der Waals surface area contributed by atoms with Crippen LogP contribution >= 0.6 is 0 Å². The number of hydrogen-bond donors (Lipinski definition) is 1. The van der Waals surface area contributed by atoms with Crippen LogP contribution in [0.4, 0.5) is 0 Å². The number of aliphatic imine (C=N–C) groups is 1. The molecule has 0 bridgehead atoms. The Kier molecular flexibility index (Phi) is 7.54. The third kappa shape index (κ3) is 8.10. The molecule has 0 aliphatic carbocycles. The van der Waals surface area contributed by atoms with Gasteiger partial charge in [-0.15, -0.1) is 0 Å². The van der Waals surface area contributed by atoms with E-state index in [1.807, 2.05) is 32.1 Å². The molecule has 0 spiro atoms. The summed E-state index contributed by atoms with van der Waals surface area (Å²) in [5.74, 6) is 3.20. The molecular weight excluding hydrogens is 208 g/mol. The first-order chi connectivity index (χ1) is 7.97. The van der Waals surface area contributed by atoms with E-state index >= 15 is 0 Å². The Morgan fingerprint density at radius 3 is 2.47 bits per heavy atom. The summed E-state index contributed by atoms with van der Waals surface area (Å²) in [6, 6.07) is 0.0598. The summed E-state index contributed by atoms with van der Waals surface area (Å²) in [6.45, 7) is 11.7. The lowest BCUT2D eigenvalue weighted by Crippen LogP contribution is -2.11. The lowest BCUT2D eigenvalue weighted by atomic mass is 10.0. The van der Waals surface area contributed by atoms with Crippen LogP contribution in [0.1, 0.15) is 27.7 Å². The van der Waals surface area contributed by atoms with Gasteiger partial charge in [0.15, 0.2) is 0 Å². The maximum atomic E-state index is 5.65. The third-order valence-corrected chi connectivity index (χ3v) is 2.08. The standard InChI is InChI=1S/C15H22N2/c1-6-8-13(4)9-7-10-17-15(12(2)3)11-14(5)16/h6,8-9,11-12,15H,1,16H2,2-5H3. The van der Waals surface area contributed by atoms with Gasteiger partial charge in [-0.2, -0.15) is 0 Å². The van der Waals surface area contributed by atoms with E-state index in [9.17, 15) is 0 Å². The molecule has 0 radical (unpaired) electrons. The fourth-order valence-electron chi connectivity index (χ4n) is 1.14. The van der Waals surface area contributed by atoms with Crippen LogP contribution in [0.5, 0.6) is 0 Å². The van der Waals surface area contributed by atoms with Crippen LogP contribution in [-0.2, 0) is 0 Å². The highest BCUT2D eigenvalue weighted by Crippen LogP contribution is 2.08. The van der Waals surface area contributed by atoms with Gasteiger partial charge in [0.1, 0.15) is 0 Å². The Morgan fingerprint density at radius 2 is 2.00 bits per heavy atom. The molecule has 0 aromatic carbocycles. The Morgan fingerprint density at radius 1 is 1.35 bits per heavy atom. The lowest BCUT2D eigenvalue weighted by molar-refractivity contribution is 0.572. The van der Waals surface area contributed by atoms with E-state index in [1.165, 1.54) is 0 Å². The quantitative estimate of drug-likeness (QED) is 0.439. The summed E-state index contributed by atoms with van der Waals surface area (Å²) >= 11 is 0. The second-order valence-corrected chi connectivity index (χ2v) is 4.32. The summed E-state index contributed by atoms with van der Waals surface area (Å²) in [5.41, 5.74) is 10.4. The first kappa shape index (κ1) is 15.2. The predicted octanol–water partition coefficient (Wildman–Crippen LogP) is 3.39. The SMILES string of the molecule is C=CC=C(C)C=C=C=NC(C=C(C)N)C(C)C. The zero-order valence-corrected chi connectivity index (χ0v) is 11.2. The summed E-state index contributed by atoms with van der Waals surface area (Å²) < 4.78 is 0. The van der Waals surface area contributed by atoms with Gasteiger partial charge in [-0.3, -0.25) is 0 Å². The van der Waals surface area contributed by atoms with E-state index in [-0.39, 0.29) is 6.04 Å². The van der Waals surface area contributed by atoms with Gasteiger partial charge in [-0.05, 0) is 43.2 Å². The molecule has 2 heteroatoms. The molecule has 0 fully saturated rings. The molecular formula is C15H22N2. The second-order valence-electron chi connectivity index (χ2n) is 4.32. The summed E-state index contributed by atoms with van der Waals surface area (Å²) in [7, 11) is 0. The molecule has 0 aliphatic rings. The summed E-state index contributed by atoms with van der Waals surface area (Å²) in [6.07, 6.45) is 7.40. The zero-order valence-electron chi connectivity index (χ0n) is 11.2. The first-order valence-corrected chi connectivity index (χ1v) is 5.74. The Hall–Kier alpha value is -1.75. The van der Waals surface area contributed by atoms with Gasteiger partial charge in [0.2, 0.25) is 0 Å². The predicted molar refractivity (Wildman–Crippen MR) is 76.0 cm³/mol. The Balaban J connectivity index is 4.88. The van der Waals surface area contributed by atoms with Gasteiger partial charge in [0, 0.05) is 11.6 Å². The lowest BCUT2D eigenvalue weighted by Gasteiger charge is -2.10. The highest BCUT2D eigenvalue weighted by molar-refractivity contribution is 5.52. The largest absolute Gasteiger partial charge is 0.402 e. The van der Waals surface area contributed by atoms with E-state index in [0.29, 0.717) is 5.92 Å². The van der Waals surface area contributed by atoms with Gasteiger partial charge in [0.25, 0.3) is 0 Å². The van der Waals surface area contributed by atoms with Gasteiger partial charge in [-0.25, -0.2) is 4.99 Å². The molecule has 0 aliphatic heterocycles. The van der Waals surface area contributed by atoms with E-state index in [0.717, 1.165) is 11.3 Å². The van der Waals surface area contributed by atoms with Crippen LogP contribution < -0.4 is 5.73 Å². The molecule has 92 valence electrons. The van der Waals surface area contributed by atoms with Crippen molar-refractivity contribution in [2.24, 2.45) is 16.6 Å². The highest BCUT2D eigenvalue weighted by Gasteiger charge is 2.06. The molecule has 0 heterocycles. The van der Waals surface area contributed by atoms with Gasteiger partial charge >= 0.3 is 0 Å². The average molecular weight is 230 g/mol. The van der Waals surface area contributed by atoms with Crippen molar-refractivity contribution in [3.63, 3.8) is 0 Å². The Bertz CT molecular complexity index is 395. The van der Waals surface area contributed by atoms with Crippen LogP contribution in [-0.4, -0.2) is 11.9 Å². The van der Waals surface area contributed by atoms with Crippen molar-refractivity contribution in [3.8, 4) is 0 Å². The van der Waals surface area contributed by atoms with Crippen LogP contribution in [0.15, 0.2) is 52.9 Å². The summed E-state index contributed by atoms with van der Waals surface area (Å²) in [5, 5.41) is 0. The Labute approximate surface area is 105 Å². The number of nitrogens with two attached hydrogens (primary N) is 1. The molecule has 2 nitrogen and oxygen atoms in total. The minimum Gasteiger partial charge on any atom is -0.402 e. The topological polar surface area (TPSA) is 38.4 Å². The van der Waals surface area contributed by atoms with Crippen LogP contribution in [0.2, 0.25) is 0 Å². The normalized spacial score (nSPS) is 13.7. The van der Waals surface area contributed by atoms with E-state index in [2.05, 4.69) is 37.0 Å². The minimum atomic E-state index is 0.0598. The third-order valence-electron chi connectivity index (χ3n) is 2.08. The number of allylic oxidation sites excluding steroid dienone is 5. The molecule has 0 saturated heterocycles. The van der Waals surface area contributed by atoms with Crippen LogP contribution in [0.3, 0.4) is 0 Å². The van der Waals surface area contributed by atoms with Crippen LogP contribution in [0.25, 0.3) is 0 Å². The van der Waals surface area contributed by atoms with Crippen molar-refractivity contribution < 1.29 is 0 Å². The first-order valence-electron chi connectivity index (χ1n) is 5.74. The van der Waals surface area contributed by atoms with Crippen molar-refractivity contribution in [1.29, 1.82) is 0 Å².